The second-order valence-corrected chi connectivity index (χ2v) is 10.2. The summed E-state index contributed by atoms with van der Waals surface area (Å²) in [6.45, 7) is 7.10. The van der Waals surface area contributed by atoms with Gasteiger partial charge in [-0.3, -0.25) is 4.79 Å². The van der Waals surface area contributed by atoms with Crippen molar-refractivity contribution in [3.63, 3.8) is 0 Å². The van der Waals surface area contributed by atoms with Gasteiger partial charge in [-0.25, -0.2) is 17.9 Å². The monoisotopic (exact) mass is 683 g/mol. The Hall–Kier alpha value is -2.35. The number of carbonyl (C=O) groups is 1. The third-order valence-electron chi connectivity index (χ3n) is 5.59. The number of hydrogen-bond donors (Lipinski definition) is 0. The van der Waals surface area contributed by atoms with Gasteiger partial charge in [-0.15, -0.1) is 5.10 Å². The summed E-state index contributed by atoms with van der Waals surface area (Å²) >= 11 is 1.75. The van der Waals surface area contributed by atoms with Gasteiger partial charge in [0.15, 0.2) is 11.6 Å². The van der Waals surface area contributed by atoms with E-state index in [0.29, 0.717) is 98.0 Å². The number of nitrogens with zero attached hydrogens (tertiary/aromatic N) is 3. The number of hydrogen-bond acceptors (Lipinski definition) is 13. The fourth-order valence-electron chi connectivity index (χ4n) is 3.36. The minimum absolute atomic E-state index is 0.0353. The number of rotatable bonds is 30. The molecule has 0 aliphatic heterocycles. The van der Waals surface area contributed by atoms with E-state index in [1.807, 2.05) is 6.26 Å². The van der Waals surface area contributed by atoms with Crippen LogP contribution in [0.4, 0.5) is 13.2 Å². The summed E-state index contributed by atoms with van der Waals surface area (Å²) < 4.78 is 89.6. The first-order valence-corrected chi connectivity index (χ1v) is 16.2. The lowest BCUT2D eigenvalue weighted by atomic mass is 10.3. The van der Waals surface area contributed by atoms with Crippen molar-refractivity contribution in [1.82, 2.24) is 15.0 Å². The fourth-order valence-corrected chi connectivity index (χ4v) is 3.64. The van der Waals surface area contributed by atoms with Crippen molar-refractivity contribution in [3.05, 3.63) is 41.5 Å². The average Bonchev–Trinajstić information content (AvgIpc) is 3.48. The van der Waals surface area contributed by atoms with Gasteiger partial charge < -0.3 is 42.6 Å². The summed E-state index contributed by atoms with van der Waals surface area (Å²) in [5.74, 6) is -4.57. The maximum Gasteiger partial charge on any atom is 0.313 e. The second-order valence-electron chi connectivity index (χ2n) is 9.23. The third-order valence-corrected chi connectivity index (χ3v) is 6.17. The van der Waals surface area contributed by atoms with Crippen molar-refractivity contribution in [2.24, 2.45) is 0 Å². The van der Waals surface area contributed by atoms with Crippen molar-refractivity contribution in [1.29, 1.82) is 0 Å². The molecule has 262 valence electrons. The Balaban J connectivity index is 1.31. The largest absolute Gasteiger partial charge is 0.420 e. The molecule has 0 aliphatic carbocycles. The molecular formula is C29H44F3N3O10S. The summed E-state index contributed by atoms with van der Waals surface area (Å²) in [4.78, 5) is 11.7. The number of esters is 1. The van der Waals surface area contributed by atoms with Gasteiger partial charge in [0.1, 0.15) is 11.5 Å². The molecule has 0 spiro atoms. The highest BCUT2D eigenvalue weighted by molar-refractivity contribution is 7.98. The summed E-state index contributed by atoms with van der Waals surface area (Å²) in [5, 5.41) is 8.13. The predicted octanol–water partition coefficient (Wildman–Crippen LogP) is 2.69. The molecule has 0 fully saturated rings. The minimum atomic E-state index is -1.30. The molecular weight excluding hydrogens is 639 g/mol. The number of halogens is 3. The lowest BCUT2D eigenvalue weighted by Crippen LogP contribution is -2.15. The Kier molecular flexibility index (Phi) is 23.1. The molecule has 1 aromatic heterocycles. The molecule has 17 heteroatoms. The summed E-state index contributed by atoms with van der Waals surface area (Å²) in [6, 6.07) is 0.853. The van der Waals surface area contributed by atoms with Gasteiger partial charge in [0.2, 0.25) is 5.75 Å². The standard InChI is InChI=1S/C29H44F3N3O10S/c1-46-19-18-43-15-14-41-12-13-42-16-17-44-23-25-22-35(34-33-25)3-5-38-7-9-40-11-10-39-8-6-37-4-2-28(36)45-29-26(31)20-24(30)21-27(29)32/h20-22H,2-19,23H2,1H3. The molecule has 0 amide bonds. The lowest BCUT2D eigenvalue weighted by molar-refractivity contribution is -0.136. The van der Waals surface area contributed by atoms with Crippen LogP contribution in [0.3, 0.4) is 0 Å². The van der Waals surface area contributed by atoms with E-state index in [1.165, 1.54) is 0 Å². The Morgan fingerprint density at radius 2 is 1.17 bits per heavy atom. The third kappa shape index (κ3) is 20.0. The van der Waals surface area contributed by atoms with E-state index >= 15 is 0 Å². The Labute approximate surface area is 271 Å². The number of ether oxygens (including phenoxy) is 9. The quantitative estimate of drug-likeness (QED) is 0.0680. The molecule has 0 N–H and O–H groups in total. The van der Waals surface area contributed by atoms with Gasteiger partial charge in [0.05, 0.1) is 125 Å². The van der Waals surface area contributed by atoms with E-state index in [4.69, 9.17) is 37.9 Å². The van der Waals surface area contributed by atoms with Crippen LogP contribution in [0.2, 0.25) is 0 Å². The molecule has 1 heterocycles. The zero-order valence-corrected chi connectivity index (χ0v) is 26.9. The molecule has 1 aromatic carbocycles. The van der Waals surface area contributed by atoms with Crippen LogP contribution in [0.1, 0.15) is 12.1 Å². The Morgan fingerprint density at radius 3 is 1.72 bits per heavy atom. The highest BCUT2D eigenvalue weighted by Gasteiger charge is 2.16. The molecule has 13 nitrogen and oxygen atoms in total. The molecule has 0 unspecified atom stereocenters. The lowest BCUT2D eigenvalue weighted by Gasteiger charge is -2.08. The van der Waals surface area contributed by atoms with Gasteiger partial charge in [0.25, 0.3) is 0 Å². The van der Waals surface area contributed by atoms with Gasteiger partial charge in [0, 0.05) is 17.9 Å². The Morgan fingerprint density at radius 1 is 0.696 bits per heavy atom. The average molecular weight is 684 g/mol. The zero-order valence-electron chi connectivity index (χ0n) is 26.1. The smallest absolute Gasteiger partial charge is 0.313 e. The summed E-state index contributed by atoms with van der Waals surface area (Å²) in [7, 11) is 0. The Bertz CT molecular complexity index is 1050. The highest BCUT2D eigenvalue weighted by atomic mass is 32.2. The molecule has 0 saturated carbocycles. The number of aromatic nitrogens is 3. The van der Waals surface area contributed by atoms with Crippen molar-refractivity contribution in [2.45, 2.75) is 19.6 Å². The molecule has 2 aromatic rings. The van der Waals surface area contributed by atoms with Crippen LogP contribution in [0, 0.1) is 17.5 Å². The van der Waals surface area contributed by atoms with E-state index in [9.17, 15) is 18.0 Å². The van der Waals surface area contributed by atoms with Crippen molar-refractivity contribution < 1.29 is 60.6 Å². The van der Waals surface area contributed by atoms with Crippen LogP contribution in [0.15, 0.2) is 18.3 Å². The van der Waals surface area contributed by atoms with Crippen molar-refractivity contribution >= 4 is 17.7 Å². The number of carbonyl (C=O) groups excluding carboxylic acids is 1. The van der Waals surface area contributed by atoms with E-state index in [-0.39, 0.29) is 26.2 Å². The molecule has 0 atom stereocenters. The topological polar surface area (TPSA) is 131 Å². The number of thioether (sulfide) groups is 1. The van der Waals surface area contributed by atoms with E-state index in [0.717, 1.165) is 18.1 Å². The SMILES string of the molecule is CSCCOCCOCCOCCOCc1cn(CCOCCOCCOCCOCCC(=O)Oc2c(F)cc(F)cc2F)nn1. The first-order chi connectivity index (χ1) is 22.5. The molecule has 0 radical (unpaired) electrons. The first kappa shape index (κ1) is 39.8. The van der Waals surface area contributed by atoms with Crippen LogP contribution in [0.5, 0.6) is 5.75 Å². The van der Waals surface area contributed by atoms with Crippen LogP contribution in [-0.4, -0.2) is 132 Å². The normalized spacial score (nSPS) is 11.4. The van der Waals surface area contributed by atoms with Gasteiger partial charge in [-0.2, -0.15) is 11.8 Å². The van der Waals surface area contributed by atoms with Crippen LogP contribution >= 0.6 is 11.8 Å². The first-order valence-electron chi connectivity index (χ1n) is 14.8. The summed E-state index contributed by atoms with van der Waals surface area (Å²) in [6.07, 6.45) is 3.61. The second kappa shape index (κ2) is 26.7. The van der Waals surface area contributed by atoms with Gasteiger partial charge >= 0.3 is 5.97 Å². The maximum atomic E-state index is 13.5. The molecule has 0 bridgehead atoms. The minimum Gasteiger partial charge on any atom is -0.420 e. The van der Waals surface area contributed by atoms with E-state index in [2.05, 4.69) is 15.0 Å². The van der Waals surface area contributed by atoms with Gasteiger partial charge in [-0.1, -0.05) is 5.21 Å². The predicted molar refractivity (Wildman–Crippen MR) is 160 cm³/mol. The molecule has 2 rings (SSSR count). The maximum absolute atomic E-state index is 13.5. The van der Waals surface area contributed by atoms with Crippen molar-refractivity contribution in [2.75, 3.05) is 111 Å². The van der Waals surface area contributed by atoms with Gasteiger partial charge in [-0.05, 0) is 6.26 Å². The van der Waals surface area contributed by atoms with E-state index in [1.54, 1.807) is 22.6 Å². The van der Waals surface area contributed by atoms with Crippen LogP contribution in [-0.2, 0) is 55.8 Å². The van der Waals surface area contributed by atoms with Crippen LogP contribution < -0.4 is 4.74 Å². The van der Waals surface area contributed by atoms with Crippen LogP contribution in [0.25, 0.3) is 0 Å². The number of benzene rings is 1. The van der Waals surface area contributed by atoms with Crippen molar-refractivity contribution in [3.8, 4) is 5.75 Å². The van der Waals surface area contributed by atoms with E-state index < -0.39 is 29.2 Å². The summed E-state index contributed by atoms with van der Waals surface area (Å²) in [5.41, 5.74) is 0.719. The zero-order chi connectivity index (χ0) is 33.1. The fraction of sp³-hybridized carbons (Fsp3) is 0.690. The molecule has 0 aliphatic rings. The highest BCUT2D eigenvalue weighted by Crippen LogP contribution is 2.23. The molecule has 0 saturated heterocycles. The molecule has 46 heavy (non-hydrogen) atoms.